The molecule has 2 aromatic rings. The lowest BCUT2D eigenvalue weighted by Gasteiger charge is -2.22. The number of hydrogen-bond donors (Lipinski definition) is 2. The highest BCUT2D eigenvalue weighted by Gasteiger charge is 2.24. The summed E-state index contributed by atoms with van der Waals surface area (Å²) < 4.78 is 10.9. The Hall–Kier alpha value is -2.37. The summed E-state index contributed by atoms with van der Waals surface area (Å²) >= 11 is 0. The lowest BCUT2D eigenvalue weighted by molar-refractivity contribution is -0.148. The number of aliphatic hydroxyl groups excluding tert-OH is 1. The summed E-state index contributed by atoms with van der Waals surface area (Å²) in [5.41, 5.74) is 0.944. The molecule has 2 aromatic carbocycles. The highest BCUT2D eigenvalue weighted by atomic mass is 16.5. The Morgan fingerprint density at radius 1 is 1.04 bits per heavy atom. The van der Waals surface area contributed by atoms with Crippen molar-refractivity contribution >= 4 is 5.97 Å². The number of hydrogen-bond acceptors (Lipinski definition) is 5. The van der Waals surface area contributed by atoms with Gasteiger partial charge in [0.25, 0.3) is 0 Å². The summed E-state index contributed by atoms with van der Waals surface area (Å²) in [7, 11) is 0. The Morgan fingerprint density at radius 3 is 2.27 bits per heavy atom. The number of benzene rings is 2. The van der Waals surface area contributed by atoms with Crippen LogP contribution in [0.5, 0.6) is 5.75 Å². The predicted molar refractivity (Wildman–Crippen MR) is 101 cm³/mol. The normalized spacial score (nSPS) is 13.2. The van der Waals surface area contributed by atoms with Crippen LogP contribution in [0.2, 0.25) is 0 Å². The van der Waals surface area contributed by atoms with E-state index in [9.17, 15) is 9.90 Å². The van der Waals surface area contributed by atoms with Crippen molar-refractivity contribution in [1.82, 2.24) is 5.32 Å². The van der Waals surface area contributed by atoms with Gasteiger partial charge in [-0.05, 0) is 23.6 Å². The first-order valence-electron chi connectivity index (χ1n) is 8.86. The van der Waals surface area contributed by atoms with Crippen molar-refractivity contribution in [2.24, 2.45) is 5.92 Å². The summed E-state index contributed by atoms with van der Waals surface area (Å²) in [5, 5.41) is 13.2. The molecule has 0 amide bonds. The zero-order valence-corrected chi connectivity index (χ0v) is 15.3. The fourth-order valence-electron chi connectivity index (χ4n) is 2.44. The Labute approximate surface area is 155 Å². The van der Waals surface area contributed by atoms with E-state index in [0.29, 0.717) is 5.75 Å². The van der Waals surface area contributed by atoms with Crippen LogP contribution in [0.25, 0.3) is 0 Å². The Kier molecular flexibility index (Phi) is 8.12. The van der Waals surface area contributed by atoms with Gasteiger partial charge in [0.1, 0.15) is 31.1 Å². The summed E-state index contributed by atoms with van der Waals surface area (Å²) in [4.78, 5) is 12.4. The molecule has 0 aliphatic rings. The van der Waals surface area contributed by atoms with Crippen LogP contribution in [0.1, 0.15) is 19.4 Å². The van der Waals surface area contributed by atoms with Crippen molar-refractivity contribution in [2.45, 2.75) is 32.6 Å². The fraction of sp³-hybridized carbons (Fsp3) is 0.381. The Balaban J connectivity index is 1.76. The average molecular weight is 357 g/mol. The number of ether oxygens (including phenoxy) is 2. The van der Waals surface area contributed by atoms with Crippen LogP contribution in [-0.2, 0) is 16.1 Å². The van der Waals surface area contributed by atoms with Crippen molar-refractivity contribution in [3.63, 3.8) is 0 Å². The summed E-state index contributed by atoms with van der Waals surface area (Å²) in [6.45, 7) is 4.52. The third-order valence-electron chi connectivity index (χ3n) is 3.90. The minimum atomic E-state index is -0.724. The molecular formula is C21H27NO4. The second-order valence-corrected chi connectivity index (χ2v) is 6.50. The summed E-state index contributed by atoms with van der Waals surface area (Å²) in [6.07, 6.45) is -0.724. The van der Waals surface area contributed by atoms with Crippen molar-refractivity contribution in [2.75, 3.05) is 13.2 Å². The number of nitrogens with one attached hydrogen (secondary N) is 1. The molecule has 0 fully saturated rings. The van der Waals surface area contributed by atoms with Crippen LogP contribution in [0.15, 0.2) is 60.7 Å². The first kappa shape index (κ1) is 19.9. The molecule has 2 N–H and O–H groups in total. The van der Waals surface area contributed by atoms with Gasteiger partial charge in [-0.2, -0.15) is 0 Å². The van der Waals surface area contributed by atoms with Crippen molar-refractivity contribution in [3.8, 4) is 5.75 Å². The van der Waals surface area contributed by atoms with E-state index < -0.39 is 12.1 Å². The molecule has 0 aliphatic heterocycles. The zero-order valence-electron chi connectivity index (χ0n) is 15.3. The molecule has 140 valence electrons. The molecule has 1 unspecified atom stereocenters. The Morgan fingerprint density at radius 2 is 1.65 bits per heavy atom. The fourth-order valence-corrected chi connectivity index (χ4v) is 2.44. The first-order chi connectivity index (χ1) is 12.6. The van der Waals surface area contributed by atoms with Gasteiger partial charge < -0.3 is 19.9 Å². The summed E-state index contributed by atoms with van der Waals surface area (Å²) in [5.74, 6) is 0.426. The average Bonchev–Trinajstić information content (AvgIpc) is 2.66. The number of aliphatic hydroxyl groups is 1. The Bertz CT molecular complexity index is 646. The van der Waals surface area contributed by atoms with Crippen molar-refractivity contribution < 1.29 is 19.4 Å². The first-order valence-corrected chi connectivity index (χ1v) is 8.86. The van der Waals surface area contributed by atoms with E-state index in [0.717, 1.165) is 5.56 Å². The standard InChI is InChI=1S/C21H27NO4/c1-16(2)20(21(24)26-14-17-9-5-3-6-10-17)22-13-18(23)15-25-19-11-7-4-8-12-19/h3-12,16,18,20,22-23H,13-15H2,1-2H3/t18?,20-/m0/s1. The molecule has 0 saturated heterocycles. The molecular weight excluding hydrogens is 330 g/mol. The van der Waals surface area contributed by atoms with E-state index in [2.05, 4.69) is 5.32 Å². The number of carbonyl (C=O) groups excluding carboxylic acids is 1. The van der Waals surface area contributed by atoms with Gasteiger partial charge >= 0.3 is 5.97 Å². The maximum Gasteiger partial charge on any atom is 0.323 e. The third-order valence-corrected chi connectivity index (χ3v) is 3.90. The molecule has 0 heterocycles. The maximum absolute atomic E-state index is 12.4. The van der Waals surface area contributed by atoms with E-state index in [-0.39, 0.29) is 31.6 Å². The van der Waals surface area contributed by atoms with E-state index >= 15 is 0 Å². The van der Waals surface area contributed by atoms with E-state index in [1.807, 2.05) is 74.5 Å². The number of esters is 1. The predicted octanol–water partition coefficient (Wildman–Crippen LogP) is 2.78. The second-order valence-electron chi connectivity index (χ2n) is 6.50. The molecule has 5 heteroatoms. The molecule has 2 atom stereocenters. The van der Waals surface area contributed by atoms with Gasteiger partial charge in [-0.3, -0.25) is 4.79 Å². The molecule has 0 aliphatic carbocycles. The molecule has 0 aromatic heterocycles. The van der Waals surface area contributed by atoms with Crippen LogP contribution in [0.3, 0.4) is 0 Å². The quantitative estimate of drug-likeness (QED) is 0.640. The molecule has 0 radical (unpaired) electrons. The monoisotopic (exact) mass is 357 g/mol. The van der Waals surface area contributed by atoms with Crippen LogP contribution >= 0.6 is 0 Å². The second kappa shape index (κ2) is 10.6. The SMILES string of the molecule is CC(C)[C@H](NCC(O)COc1ccccc1)C(=O)OCc1ccccc1. The highest BCUT2D eigenvalue weighted by molar-refractivity contribution is 5.76. The lowest BCUT2D eigenvalue weighted by atomic mass is 10.0. The van der Waals surface area contributed by atoms with Gasteiger partial charge in [0, 0.05) is 6.54 Å². The third kappa shape index (κ3) is 6.86. The minimum Gasteiger partial charge on any atom is -0.491 e. The number of carbonyl (C=O) groups is 1. The van der Waals surface area contributed by atoms with Crippen molar-refractivity contribution in [3.05, 3.63) is 66.2 Å². The van der Waals surface area contributed by atoms with Crippen LogP contribution < -0.4 is 10.1 Å². The summed E-state index contributed by atoms with van der Waals surface area (Å²) in [6, 6.07) is 18.4. The highest BCUT2D eigenvalue weighted by Crippen LogP contribution is 2.10. The van der Waals surface area contributed by atoms with Gasteiger partial charge in [-0.15, -0.1) is 0 Å². The van der Waals surface area contributed by atoms with Gasteiger partial charge in [0.05, 0.1) is 0 Å². The molecule has 26 heavy (non-hydrogen) atoms. The molecule has 5 nitrogen and oxygen atoms in total. The van der Waals surface area contributed by atoms with Gasteiger partial charge in [-0.25, -0.2) is 0 Å². The zero-order chi connectivity index (χ0) is 18.8. The largest absolute Gasteiger partial charge is 0.491 e. The molecule has 2 rings (SSSR count). The minimum absolute atomic E-state index is 0.0421. The van der Waals surface area contributed by atoms with Gasteiger partial charge in [-0.1, -0.05) is 62.4 Å². The number of rotatable bonds is 10. The molecule has 0 spiro atoms. The van der Waals surface area contributed by atoms with Crippen molar-refractivity contribution in [1.29, 1.82) is 0 Å². The van der Waals surface area contributed by atoms with E-state index in [1.165, 1.54) is 0 Å². The maximum atomic E-state index is 12.4. The van der Waals surface area contributed by atoms with Crippen LogP contribution in [-0.4, -0.2) is 36.4 Å². The molecule has 0 saturated carbocycles. The van der Waals surface area contributed by atoms with Gasteiger partial charge in [0.15, 0.2) is 0 Å². The molecule has 0 bridgehead atoms. The van der Waals surface area contributed by atoms with Gasteiger partial charge in [0.2, 0.25) is 0 Å². The van der Waals surface area contributed by atoms with E-state index in [4.69, 9.17) is 9.47 Å². The van der Waals surface area contributed by atoms with Crippen LogP contribution in [0, 0.1) is 5.92 Å². The lowest BCUT2D eigenvalue weighted by Crippen LogP contribution is -2.46. The number of para-hydroxylation sites is 1. The van der Waals surface area contributed by atoms with Crippen LogP contribution in [0.4, 0.5) is 0 Å². The smallest absolute Gasteiger partial charge is 0.323 e. The van der Waals surface area contributed by atoms with E-state index in [1.54, 1.807) is 0 Å². The topological polar surface area (TPSA) is 67.8 Å².